The van der Waals surface area contributed by atoms with Crippen molar-refractivity contribution in [1.82, 2.24) is 15.2 Å². The normalized spacial score (nSPS) is 21.4. The minimum absolute atomic E-state index is 0.0211. The van der Waals surface area contributed by atoms with Crippen molar-refractivity contribution in [2.75, 3.05) is 19.6 Å². The molecule has 18 heavy (non-hydrogen) atoms. The van der Waals surface area contributed by atoms with Gasteiger partial charge in [-0.25, -0.2) is 0 Å². The van der Waals surface area contributed by atoms with Crippen LogP contribution in [-0.2, 0) is 4.79 Å². The molecular weight excluding hydrogens is 228 g/mol. The number of pyridine rings is 1. The molecule has 98 valence electrons. The molecule has 3 N–H and O–H groups in total. The minimum atomic E-state index is -0.556. The molecule has 0 aliphatic carbocycles. The lowest BCUT2D eigenvalue weighted by Crippen LogP contribution is -2.63. The van der Waals surface area contributed by atoms with Crippen molar-refractivity contribution >= 4 is 5.91 Å². The molecule has 1 aromatic rings. The Kier molecular flexibility index (Phi) is 3.63. The van der Waals surface area contributed by atoms with Gasteiger partial charge in [-0.2, -0.15) is 0 Å². The summed E-state index contributed by atoms with van der Waals surface area (Å²) in [4.78, 5) is 18.5. The average molecular weight is 248 g/mol. The summed E-state index contributed by atoms with van der Waals surface area (Å²) in [5, 5.41) is 2.89. The molecule has 5 heteroatoms. The Morgan fingerprint density at radius 1 is 1.56 bits per heavy atom. The van der Waals surface area contributed by atoms with E-state index in [1.807, 2.05) is 32.0 Å². The van der Waals surface area contributed by atoms with Crippen LogP contribution >= 0.6 is 0 Å². The highest BCUT2D eigenvalue weighted by atomic mass is 16.2. The fourth-order valence-electron chi connectivity index (χ4n) is 2.44. The van der Waals surface area contributed by atoms with E-state index in [1.165, 1.54) is 0 Å². The summed E-state index contributed by atoms with van der Waals surface area (Å²) in [7, 11) is 0. The molecule has 1 amide bonds. The molecule has 2 rings (SSSR count). The molecule has 0 spiro atoms. The predicted molar refractivity (Wildman–Crippen MR) is 69.8 cm³/mol. The fraction of sp³-hybridized carbons (Fsp3) is 0.538. The van der Waals surface area contributed by atoms with Gasteiger partial charge in [0.25, 0.3) is 0 Å². The zero-order chi connectivity index (χ0) is 13.2. The van der Waals surface area contributed by atoms with E-state index in [0.29, 0.717) is 13.1 Å². The summed E-state index contributed by atoms with van der Waals surface area (Å²) < 4.78 is 0. The van der Waals surface area contributed by atoms with Gasteiger partial charge in [-0.1, -0.05) is 6.07 Å². The molecule has 0 bridgehead atoms. The molecule has 0 saturated carbocycles. The van der Waals surface area contributed by atoms with E-state index in [2.05, 4.69) is 15.2 Å². The second kappa shape index (κ2) is 5.04. The summed E-state index contributed by atoms with van der Waals surface area (Å²) in [5.74, 6) is 0.0446. The summed E-state index contributed by atoms with van der Waals surface area (Å²) in [6.45, 7) is 5.75. The number of nitrogens with two attached hydrogens (primary N) is 1. The Bertz CT molecular complexity index is 418. The van der Waals surface area contributed by atoms with Crippen LogP contribution in [0.5, 0.6) is 0 Å². The quantitative estimate of drug-likeness (QED) is 0.806. The maximum Gasteiger partial charge on any atom is 0.240 e. The number of amides is 1. The van der Waals surface area contributed by atoms with Gasteiger partial charge in [0, 0.05) is 25.8 Å². The molecular formula is C13H20N4O. The van der Waals surface area contributed by atoms with E-state index in [4.69, 9.17) is 5.73 Å². The monoisotopic (exact) mass is 248 g/mol. The van der Waals surface area contributed by atoms with Gasteiger partial charge >= 0.3 is 0 Å². The number of piperazine rings is 1. The van der Waals surface area contributed by atoms with Crippen LogP contribution in [0.4, 0.5) is 0 Å². The summed E-state index contributed by atoms with van der Waals surface area (Å²) in [6, 6.07) is 5.76. The van der Waals surface area contributed by atoms with Crippen molar-refractivity contribution in [2.24, 2.45) is 5.73 Å². The molecule has 1 fully saturated rings. The van der Waals surface area contributed by atoms with E-state index in [1.54, 1.807) is 6.20 Å². The van der Waals surface area contributed by atoms with Gasteiger partial charge in [0.05, 0.1) is 17.3 Å². The Labute approximate surface area is 107 Å². The van der Waals surface area contributed by atoms with E-state index in [9.17, 15) is 4.79 Å². The first kappa shape index (κ1) is 13.0. The number of rotatable bonds is 3. The van der Waals surface area contributed by atoms with Gasteiger partial charge in [0.1, 0.15) is 0 Å². The average Bonchev–Trinajstić information content (AvgIpc) is 2.37. The summed E-state index contributed by atoms with van der Waals surface area (Å²) in [6.07, 6.45) is 1.76. The Hall–Kier alpha value is -1.46. The molecule has 1 aromatic heterocycles. The van der Waals surface area contributed by atoms with E-state index in [0.717, 1.165) is 12.2 Å². The van der Waals surface area contributed by atoms with Gasteiger partial charge in [0.2, 0.25) is 5.91 Å². The second-order valence-electron chi connectivity index (χ2n) is 5.01. The van der Waals surface area contributed by atoms with Gasteiger partial charge < -0.3 is 11.1 Å². The number of aromatic nitrogens is 1. The molecule has 1 atom stereocenters. The van der Waals surface area contributed by atoms with Crippen LogP contribution < -0.4 is 11.1 Å². The molecule has 1 aliphatic rings. The first-order chi connectivity index (χ1) is 8.57. The molecule has 1 aliphatic heterocycles. The first-order valence-corrected chi connectivity index (χ1v) is 6.23. The van der Waals surface area contributed by atoms with Crippen molar-refractivity contribution in [3.8, 4) is 0 Å². The maximum atomic E-state index is 12.0. The molecule has 0 radical (unpaired) electrons. The number of carbonyl (C=O) groups excluding carboxylic acids is 1. The zero-order valence-electron chi connectivity index (χ0n) is 10.9. The van der Waals surface area contributed by atoms with Crippen LogP contribution in [0, 0.1) is 0 Å². The Morgan fingerprint density at radius 2 is 2.33 bits per heavy atom. The molecule has 2 heterocycles. The van der Waals surface area contributed by atoms with Crippen molar-refractivity contribution in [1.29, 1.82) is 0 Å². The van der Waals surface area contributed by atoms with Crippen molar-refractivity contribution in [2.45, 2.75) is 25.4 Å². The van der Waals surface area contributed by atoms with Gasteiger partial charge in [-0.3, -0.25) is 14.7 Å². The van der Waals surface area contributed by atoms with Crippen molar-refractivity contribution < 1.29 is 4.79 Å². The Balaban J connectivity index is 2.30. The largest absolute Gasteiger partial charge is 0.353 e. The van der Waals surface area contributed by atoms with Crippen LogP contribution in [0.15, 0.2) is 24.4 Å². The number of nitrogens with one attached hydrogen (secondary N) is 1. The second-order valence-corrected chi connectivity index (χ2v) is 5.01. The fourth-order valence-corrected chi connectivity index (χ4v) is 2.44. The van der Waals surface area contributed by atoms with Crippen molar-refractivity contribution in [3.63, 3.8) is 0 Å². The minimum Gasteiger partial charge on any atom is -0.353 e. The third-order valence-electron chi connectivity index (χ3n) is 3.54. The molecule has 0 aromatic carbocycles. The predicted octanol–water partition coefficient (Wildman–Crippen LogP) is 0.292. The van der Waals surface area contributed by atoms with Crippen LogP contribution in [0.2, 0.25) is 0 Å². The standard InChI is InChI=1S/C13H20N4O/c1-13(2)12(18)16-7-8-17(13)11(9-14)10-5-3-4-6-15-10/h3-6,11H,7-9,14H2,1-2H3,(H,16,18). The third kappa shape index (κ3) is 2.23. The lowest BCUT2D eigenvalue weighted by atomic mass is 9.95. The summed E-state index contributed by atoms with van der Waals surface area (Å²) in [5.41, 5.74) is 6.25. The lowest BCUT2D eigenvalue weighted by Gasteiger charge is -2.45. The Morgan fingerprint density at radius 3 is 2.94 bits per heavy atom. The number of hydrogen-bond donors (Lipinski definition) is 2. The maximum absolute atomic E-state index is 12.0. The van der Waals surface area contributed by atoms with Gasteiger partial charge in [0.15, 0.2) is 0 Å². The van der Waals surface area contributed by atoms with Crippen molar-refractivity contribution in [3.05, 3.63) is 30.1 Å². The first-order valence-electron chi connectivity index (χ1n) is 6.23. The molecule has 5 nitrogen and oxygen atoms in total. The van der Waals surface area contributed by atoms with Crippen LogP contribution in [-0.4, -0.2) is 41.0 Å². The highest BCUT2D eigenvalue weighted by Gasteiger charge is 2.41. The third-order valence-corrected chi connectivity index (χ3v) is 3.54. The van der Waals surface area contributed by atoms with E-state index < -0.39 is 5.54 Å². The van der Waals surface area contributed by atoms with E-state index >= 15 is 0 Å². The van der Waals surface area contributed by atoms with Gasteiger partial charge in [-0.05, 0) is 26.0 Å². The van der Waals surface area contributed by atoms with E-state index in [-0.39, 0.29) is 11.9 Å². The van der Waals surface area contributed by atoms with Crippen LogP contribution in [0.3, 0.4) is 0 Å². The summed E-state index contributed by atoms with van der Waals surface area (Å²) >= 11 is 0. The highest BCUT2D eigenvalue weighted by Crippen LogP contribution is 2.28. The smallest absolute Gasteiger partial charge is 0.240 e. The van der Waals surface area contributed by atoms with Crippen LogP contribution in [0.25, 0.3) is 0 Å². The van der Waals surface area contributed by atoms with Crippen LogP contribution in [0.1, 0.15) is 25.6 Å². The topological polar surface area (TPSA) is 71.2 Å². The van der Waals surface area contributed by atoms with Gasteiger partial charge in [-0.15, -0.1) is 0 Å². The highest BCUT2D eigenvalue weighted by molar-refractivity contribution is 5.86. The molecule has 1 saturated heterocycles. The SMILES string of the molecule is CC1(C)C(=O)NCCN1C(CN)c1ccccn1. The number of nitrogens with zero attached hydrogens (tertiary/aromatic N) is 2. The molecule has 1 unspecified atom stereocenters. The zero-order valence-corrected chi connectivity index (χ0v) is 10.9. The lowest BCUT2D eigenvalue weighted by molar-refractivity contribution is -0.137. The number of carbonyl (C=O) groups is 1. The number of hydrogen-bond acceptors (Lipinski definition) is 4.